The van der Waals surface area contributed by atoms with Crippen LogP contribution in [-0.2, 0) is 20.0 Å². The average Bonchev–Trinajstić information content (AvgIpc) is 2.85. The van der Waals surface area contributed by atoms with Gasteiger partial charge in [0.2, 0.25) is 0 Å². The van der Waals surface area contributed by atoms with Gasteiger partial charge in [-0.25, -0.2) is 9.78 Å². The summed E-state index contributed by atoms with van der Waals surface area (Å²) in [5, 5.41) is 13.6. The first-order chi connectivity index (χ1) is 8.95. The van der Waals surface area contributed by atoms with Crippen molar-refractivity contribution in [3.8, 4) is 0 Å². The molecule has 0 atom stereocenters. The summed E-state index contributed by atoms with van der Waals surface area (Å²) in [4.78, 5) is 15.2. The van der Waals surface area contributed by atoms with Crippen LogP contribution in [0.5, 0.6) is 0 Å². The van der Waals surface area contributed by atoms with Crippen molar-refractivity contribution >= 4 is 21.9 Å². The highest BCUT2D eigenvalue weighted by atomic mass is 79.9. The zero-order valence-corrected chi connectivity index (χ0v) is 12.6. The maximum Gasteiger partial charge on any atom is 0.354 e. The van der Waals surface area contributed by atoms with Crippen LogP contribution in [0.4, 0.5) is 0 Å². The number of nitrogens with zero attached hydrogens (tertiary/aromatic N) is 4. The molecule has 6 nitrogen and oxygen atoms in total. The number of hydrogen-bond acceptors (Lipinski definition) is 3. The van der Waals surface area contributed by atoms with Gasteiger partial charge in [-0.1, -0.05) is 6.92 Å². The molecule has 19 heavy (non-hydrogen) atoms. The molecule has 2 aromatic heterocycles. The predicted octanol–water partition coefficient (Wildman–Crippen LogP) is 2.00. The number of halogens is 1. The molecule has 0 saturated heterocycles. The number of aromatic nitrogens is 4. The Morgan fingerprint density at radius 3 is 2.74 bits per heavy atom. The SMILES string of the molecule is CCc1nn(C)c(Cn2c(C(=O)O)cnc2C)c1Br. The molecule has 0 unspecified atom stereocenters. The van der Waals surface area contributed by atoms with Gasteiger partial charge in [0.05, 0.1) is 28.6 Å². The number of imidazole rings is 1. The first kappa shape index (κ1) is 13.8. The van der Waals surface area contributed by atoms with Crippen LogP contribution in [0, 0.1) is 6.92 Å². The van der Waals surface area contributed by atoms with Crippen LogP contribution in [0.1, 0.15) is 34.6 Å². The Kier molecular flexibility index (Phi) is 3.75. The van der Waals surface area contributed by atoms with Gasteiger partial charge < -0.3 is 9.67 Å². The van der Waals surface area contributed by atoms with E-state index in [1.165, 1.54) is 6.20 Å². The summed E-state index contributed by atoms with van der Waals surface area (Å²) in [6.45, 7) is 4.25. The van der Waals surface area contributed by atoms with E-state index in [4.69, 9.17) is 5.11 Å². The first-order valence-electron chi connectivity index (χ1n) is 5.91. The monoisotopic (exact) mass is 326 g/mol. The molecule has 7 heteroatoms. The van der Waals surface area contributed by atoms with E-state index in [0.717, 1.165) is 22.3 Å². The first-order valence-corrected chi connectivity index (χ1v) is 6.70. The zero-order chi connectivity index (χ0) is 14.2. The van der Waals surface area contributed by atoms with E-state index in [1.54, 1.807) is 16.2 Å². The standard InChI is InChI=1S/C12H15BrN4O2/c1-4-8-11(13)10(16(3)15-8)6-17-7(2)14-5-9(17)12(18)19/h5H,4,6H2,1-3H3,(H,18,19). The molecule has 0 aromatic carbocycles. The van der Waals surface area contributed by atoms with E-state index in [9.17, 15) is 4.79 Å². The van der Waals surface area contributed by atoms with Gasteiger partial charge in [-0.2, -0.15) is 5.10 Å². The molecule has 2 rings (SSSR count). The van der Waals surface area contributed by atoms with Crippen LogP contribution in [0.25, 0.3) is 0 Å². The summed E-state index contributed by atoms with van der Waals surface area (Å²) in [5.74, 6) is -0.307. The third kappa shape index (κ3) is 2.42. The van der Waals surface area contributed by atoms with Crippen molar-refractivity contribution in [3.63, 3.8) is 0 Å². The van der Waals surface area contributed by atoms with Crippen molar-refractivity contribution in [3.05, 3.63) is 33.6 Å². The molecule has 102 valence electrons. The number of carboxylic acids is 1. The lowest BCUT2D eigenvalue weighted by Gasteiger charge is -2.08. The van der Waals surface area contributed by atoms with E-state index in [2.05, 4.69) is 26.0 Å². The fourth-order valence-corrected chi connectivity index (χ4v) is 2.72. The number of aryl methyl sites for hydroxylation is 3. The van der Waals surface area contributed by atoms with Crippen molar-refractivity contribution in [1.82, 2.24) is 19.3 Å². The normalized spacial score (nSPS) is 10.9. The zero-order valence-electron chi connectivity index (χ0n) is 11.0. The number of carboxylic acid groups (broad SMARTS) is 1. The molecule has 0 radical (unpaired) electrons. The van der Waals surface area contributed by atoms with Gasteiger partial charge in [-0.15, -0.1) is 0 Å². The maximum atomic E-state index is 11.2. The third-order valence-corrected chi connectivity index (χ3v) is 4.00. The highest BCUT2D eigenvalue weighted by Gasteiger charge is 2.18. The summed E-state index contributed by atoms with van der Waals surface area (Å²) in [7, 11) is 1.85. The molecular weight excluding hydrogens is 312 g/mol. The van der Waals surface area contributed by atoms with Gasteiger partial charge in [-0.05, 0) is 29.3 Å². The van der Waals surface area contributed by atoms with Gasteiger partial charge in [0.25, 0.3) is 0 Å². The van der Waals surface area contributed by atoms with Crippen LogP contribution in [0.3, 0.4) is 0 Å². The summed E-state index contributed by atoms with van der Waals surface area (Å²) < 4.78 is 4.37. The summed E-state index contributed by atoms with van der Waals surface area (Å²) in [5.41, 5.74) is 2.08. The maximum absolute atomic E-state index is 11.2. The highest BCUT2D eigenvalue weighted by molar-refractivity contribution is 9.10. The van der Waals surface area contributed by atoms with E-state index in [0.29, 0.717) is 12.4 Å². The van der Waals surface area contributed by atoms with Crippen LogP contribution < -0.4 is 0 Å². The van der Waals surface area contributed by atoms with Crippen molar-refractivity contribution in [2.75, 3.05) is 0 Å². The minimum atomic E-state index is -0.977. The van der Waals surface area contributed by atoms with Crippen molar-refractivity contribution in [2.24, 2.45) is 7.05 Å². The van der Waals surface area contributed by atoms with Crippen molar-refractivity contribution < 1.29 is 9.90 Å². The van der Waals surface area contributed by atoms with E-state index in [-0.39, 0.29) is 5.69 Å². The van der Waals surface area contributed by atoms with Gasteiger partial charge in [0.1, 0.15) is 11.5 Å². The minimum Gasteiger partial charge on any atom is -0.477 e. The van der Waals surface area contributed by atoms with Crippen molar-refractivity contribution in [1.29, 1.82) is 0 Å². The van der Waals surface area contributed by atoms with Crippen LogP contribution in [0.15, 0.2) is 10.7 Å². The summed E-state index contributed by atoms with van der Waals surface area (Å²) in [6.07, 6.45) is 2.20. The van der Waals surface area contributed by atoms with Gasteiger partial charge in [0.15, 0.2) is 0 Å². The second-order valence-electron chi connectivity index (χ2n) is 4.27. The van der Waals surface area contributed by atoms with Crippen molar-refractivity contribution in [2.45, 2.75) is 26.8 Å². The van der Waals surface area contributed by atoms with E-state index >= 15 is 0 Å². The fourth-order valence-electron chi connectivity index (χ4n) is 1.98. The van der Waals surface area contributed by atoms with Gasteiger partial charge >= 0.3 is 5.97 Å². The van der Waals surface area contributed by atoms with E-state index < -0.39 is 5.97 Å². The lowest BCUT2D eigenvalue weighted by atomic mass is 10.3. The molecule has 1 N–H and O–H groups in total. The number of carbonyl (C=O) groups is 1. The lowest BCUT2D eigenvalue weighted by molar-refractivity contribution is 0.0685. The molecular formula is C12H15BrN4O2. The van der Waals surface area contributed by atoms with E-state index in [1.807, 2.05) is 14.0 Å². The Morgan fingerprint density at radius 1 is 1.53 bits per heavy atom. The molecule has 0 aliphatic carbocycles. The molecule has 0 bridgehead atoms. The number of aromatic carboxylic acids is 1. The Balaban J connectivity index is 2.44. The topological polar surface area (TPSA) is 72.9 Å². The van der Waals surface area contributed by atoms with Crippen LogP contribution >= 0.6 is 15.9 Å². The Morgan fingerprint density at radius 2 is 2.21 bits per heavy atom. The third-order valence-electron chi connectivity index (χ3n) is 3.09. The summed E-state index contributed by atoms with van der Waals surface area (Å²) in [6, 6.07) is 0. The Labute approximate surface area is 119 Å². The second kappa shape index (κ2) is 5.16. The second-order valence-corrected chi connectivity index (χ2v) is 5.06. The largest absolute Gasteiger partial charge is 0.477 e. The number of hydrogen-bond donors (Lipinski definition) is 1. The lowest BCUT2D eigenvalue weighted by Crippen LogP contribution is -2.13. The highest BCUT2D eigenvalue weighted by Crippen LogP contribution is 2.23. The van der Waals surface area contributed by atoms with Crippen LogP contribution in [0.2, 0.25) is 0 Å². The minimum absolute atomic E-state index is 0.184. The predicted molar refractivity (Wildman–Crippen MR) is 73.3 cm³/mol. The Bertz CT molecular complexity index is 630. The molecule has 0 spiro atoms. The van der Waals surface area contributed by atoms with Gasteiger partial charge in [-0.3, -0.25) is 4.68 Å². The smallest absolute Gasteiger partial charge is 0.354 e. The molecule has 0 aliphatic rings. The molecule has 2 heterocycles. The summed E-state index contributed by atoms with van der Waals surface area (Å²) >= 11 is 3.53. The van der Waals surface area contributed by atoms with Gasteiger partial charge in [0, 0.05) is 7.05 Å². The molecule has 0 aliphatic heterocycles. The molecule has 0 amide bonds. The quantitative estimate of drug-likeness (QED) is 0.932. The fraction of sp³-hybridized carbons (Fsp3) is 0.417. The number of rotatable bonds is 4. The molecule has 0 fully saturated rings. The Hall–Kier alpha value is -1.63. The molecule has 2 aromatic rings. The average molecular weight is 327 g/mol. The van der Waals surface area contributed by atoms with Crippen LogP contribution in [-0.4, -0.2) is 30.4 Å². The molecule has 0 saturated carbocycles.